The van der Waals surface area contributed by atoms with E-state index in [2.05, 4.69) is 10.3 Å². The summed E-state index contributed by atoms with van der Waals surface area (Å²) in [5.41, 5.74) is 1.45. The highest BCUT2D eigenvalue weighted by molar-refractivity contribution is 8.01. The molecule has 1 N–H and O–H groups in total. The van der Waals surface area contributed by atoms with E-state index < -0.39 is 11.6 Å². The zero-order valence-corrected chi connectivity index (χ0v) is 11.6. The molecule has 0 saturated heterocycles. The van der Waals surface area contributed by atoms with Gasteiger partial charge in [-0.15, -0.1) is 11.3 Å². The molecule has 0 aliphatic rings. The summed E-state index contributed by atoms with van der Waals surface area (Å²) in [4.78, 5) is 4.19. The van der Waals surface area contributed by atoms with Gasteiger partial charge in [-0.2, -0.15) is 0 Å². The minimum absolute atomic E-state index is 0.00389. The summed E-state index contributed by atoms with van der Waals surface area (Å²) in [5, 5.41) is 4.72. The summed E-state index contributed by atoms with van der Waals surface area (Å²) in [6.45, 7) is 2.29. The van der Waals surface area contributed by atoms with E-state index in [0.29, 0.717) is 16.4 Å². The molecule has 0 aliphatic heterocycles. The van der Waals surface area contributed by atoms with Crippen molar-refractivity contribution in [2.75, 3.05) is 7.05 Å². The van der Waals surface area contributed by atoms with Crippen molar-refractivity contribution in [3.63, 3.8) is 0 Å². The monoisotopic (exact) mass is 286 g/mol. The molecular weight excluding hydrogens is 274 g/mol. The maximum absolute atomic E-state index is 13.8. The van der Waals surface area contributed by atoms with Gasteiger partial charge in [0.15, 0.2) is 4.34 Å². The topological polar surface area (TPSA) is 24.9 Å². The number of hydrogen-bond acceptors (Lipinski definition) is 4. The Morgan fingerprint density at radius 2 is 2.00 bits per heavy atom. The van der Waals surface area contributed by atoms with E-state index in [0.717, 1.165) is 17.5 Å². The highest BCUT2D eigenvalue weighted by Gasteiger charge is 2.14. The third-order valence-corrected chi connectivity index (χ3v) is 4.38. The summed E-state index contributed by atoms with van der Waals surface area (Å²) in [6, 6.07) is 2.70. The van der Waals surface area contributed by atoms with Crippen molar-refractivity contribution in [1.29, 1.82) is 0 Å². The number of nitrogens with one attached hydrogen (secondary N) is 1. The third kappa shape index (κ3) is 3.07. The Balaban J connectivity index is 2.28. The molecule has 0 bridgehead atoms. The fraction of sp³-hybridized carbons (Fsp3) is 0.250. The Morgan fingerprint density at radius 3 is 2.50 bits per heavy atom. The first-order chi connectivity index (χ1) is 8.60. The zero-order chi connectivity index (χ0) is 13.1. The first kappa shape index (κ1) is 13.5. The van der Waals surface area contributed by atoms with Gasteiger partial charge >= 0.3 is 0 Å². The number of halogens is 2. The van der Waals surface area contributed by atoms with Gasteiger partial charge in [0, 0.05) is 17.6 Å². The van der Waals surface area contributed by atoms with E-state index in [4.69, 9.17) is 0 Å². The molecular formula is C12H12F2N2S2. The second-order valence-electron chi connectivity index (χ2n) is 3.78. The number of aryl methyl sites for hydroxylation is 1. The molecule has 0 amide bonds. The molecule has 0 atom stereocenters. The van der Waals surface area contributed by atoms with Gasteiger partial charge in [0.25, 0.3) is 0 Å². The van der Waals surface area contributed by atoms with Crippen molar-refractivity contribution in [3.05, 3.63) is 40.4 Å². The van der Waals surface area contributed by atoms with Crippen molar-refractivity contribution in [2.45, 2.75) is 22.7 Å². The fourth-order valence-electron chi connectivity index (χ4n) is 1.48. The van der Waals surface area contributed by atoms with Crippen molar-refractivity contribution >= 4 is 23.1 Å². The Hall–Kier alpha value is -0.980. The van der Waals surface area contributed by atoms with Crippen LogP contribution in [0.15, 0.2) is 26.7 Å². The maximum atomic E-state index is 13.8. The lowest BCUT2D eigenvalue weighted by Gasteiger charge is -2.06. The molecule has 2 nitrogen and oxygen atoms in total. The van der Waals surface area contributed by atoms with Crippen molar-refractivity contribution in [2.24, 2.45) is 0 Å². The Labute approximate surface area is 112 Å². The number of rotatable bonds is 4. The number of thiazole rings is 1. The predicted molar refractivity (Wildman–Crippen MR) is 70.1 cm³/mol. The Morgan fingerprint density at radius 1 is 1.33 bits per heavy atom. The van der Waals surface area contributed by atoms with Crippen molar-refractivity contribution in [3.8, 4) is 0 Å². The van der Waals surface area contributed by atoms with Crippen LogP contribution in [0.5, 0.6) is 0 Å². The largest absolute Gasteiger partial charge is 0.316 e. The second-order valence-corrected chi connectivity index (χ2v) is 5.89. The molecule has 6 heteroatoms. The lowest BCUT2D eigenvalue weighted by Crippen LogP contribution is -2.06. The third-order valence-electron chi connectivity index (χ3n) is 2.23. The van der Waals surface area contributed by atoms with E-state index in [9.17, 15) is 8.78 Å². The Bertz CT molecular complexity index is 532. The molecule has 0 radical (unpaired) electrons. The van der Waals surface area contributed by atoms with Crippen LogP contribution in [0.25, 0.3) is 0 Å². The first-order valence-corrected chi connectivity index (χ1v) is 7.02. The molecule has 18 heavy (non-hydrogen) atoms. The molecule has 0 aliphatic carbocycles. The lowest BCUT2D eigenvalue weighted by molar-refractivity contribution is 0.536. The van der Waals surface area contributed by atoms with E-state index in [1.165, 1.54) is 23.5 Å². The van der Waals surface area contributed by atoms with Crippen LogP contribution in [0.2, 0.25) is 0 Å². The first-order valence-electron chi connectivity index (χ1n) is 5.32. The smallest absolute Gasteiger partial charge is 0.155 e. The van der Waals surface area contributed by atoms with E-state index in [-0.39, 0.29) is 4.90 Å². The van der Waals surface area contributed by atoms with Crippen molar-refractivity contribution in [1.82, 2.24) is 10.3 Å². The molecule has 1 heterocycles. The summed E-state index contributed by atoms with van der Waals surface area (Å²) >= 11 is 2.41. The van der Waals surface area contributed by atoms with Gasteiger partial charge in [-0.1, -0.05) is 11.8 Å². The van der Waals surface area contributed by atoms with Crippen LogP contribution in [0.4, 0.5) is 8.78 Å². The number of aromatic nitrogens is 1. The summed E-state index contributed by atoms with van der Waals surface area (Å²) in [5.74, 6) is -1.09. The molecule has 2 aromatic rings. The predicted octanol–water partition coefficient (Wildman–Crippen LogP) is 3.60. The van der Waals surface area contributed by atoms with Crippen LogP contribution in [0, 0.1) is 18.6 Å². The zero-order valence-electron chi connectivity index (χ0n) is 9.96. The molecule has 0 spiro atoms. The average Bonchev–Trinajstić information content (AvgIpc) is 2.70. The number of benzene rings is 1. The standard InChI is InChI=1S/C12H12F2N2S2/c1-7-6-17-12(16-7)18-11-9(13)3-8(5-15-2)4-10(11)14/h3-4,6,15H,5H2,1-2H3. The molecule has 96 valence electrons. The number of hydrogen-bond donors (Lipinski definition) is 1. The summed E-state index contributed by atoms with van der Waals surface area (Å²) < 4.78 is 28.3. The van der Waals surface area contributed by atoms with E-state index >= 15 is 0 Å². The SMILES string of the molecule is CNCc1cc(F)c(Sc2nc(C)cs2)c(F)c1. The molecule has 2 rings (SSSR count). The summed E-state index contributed by atoms with van der Waals surface area (Å²) in [7, 11) is 1.73. The van der Waals surface area contributed by atoms with Gasteiger partial charge in [-0.05, 0) is 31.7 Å². The van der Waals surface area contributed by atoms with Crippen LogP contribution in [0.3, 0.4) is 0 Å². The van der Waals surface area contributed by atoms with E-state index in [1.54, 1.807) is 7.05 Å². The van der Waals surface area contributed by atoms with Crippen LogP contribution < -0.4 is 5.32 Å². The average molecular weight is 286 g/mol. The van der Waals surface area contributed by atoms with Gasteiger partial charge in [-0.25, -0.2) is 13.8 Å². The highest BCUT2D eigenvalue weighted by atomic mass is 32.2. The minimum Gasteiger partial charge on any atom is -0.316 e. The van der Waals surface area contributed by atoms with Crippen LogP contribution in [0.1, 0.15) is 11.3 Å². The molecule has 0 saturated carbocycles. The van der Waals surface area contributed by atoms with Gasteiger partial charge < -0.3 is 5.32 Å². The van der Waals surface area contributed by atoms with Crippen LogP contribution in [-0.2, 0) is 6.54 Å². The van der Waals surface area contributed by atoms with E-state index in [1.807, 2.05) is 12.3 Å². The van der Waals surface area contributed by atoms with Crippen molar-refractivity contribution < 1.29 is 8.78 Å². The van der Waals surface area contributed by atoms with Crippen LogP contribution >= 0.6 is 23.1 Å². The molecule has 0 fully saturated rings. The molecule has 1 aromatic heterocycles. The molecule has 1 aromatic carbocycles. The quantitative estimate of drug-likeness (QED) is 0.929. The van der Waals surface area contributed by atoms with Gasteiger partial charge in [0.1, 0.15) is 11.6 Å². The summed E-state index contributed by atoms with van der Waals surface area (Å²) in [6.07, 6.45) is 0. The Kier molecular flexibility index (Phi) is 4.31. The highest BCUT2D eigenvalue weighted by Crippen LogP contribution is 2.34. The minimum atomic E-state index is -0.543. The van der Waals surface area contributed by atoms with Gasteiger partial charge in [0.05, 0.1) is 4.90 Å². The fourth-order valence-corrected chi connectivity index (χ4v) is 3.27. The second kappa shape index (κ2) is 5.77. The maximum Gasteiger partial charge on any atom is 0.155 e. The molecule has 0 unspecified atom stereocenters. The van der Waals surface area contributed by atoms with Crippen LogP contribution in [-0.4, -0.2) is 12.0 Å². The van der Waals surface area contributed by atoms with Gasteiger partial charge in [0.2, 0.25) is 0 Å². The van der Waals surface area contributed by atoms with Gasteiger partial charge in [-0.3, -0.25) is 0 Å². The normalized spacial score (nSPS) is 10.9. The number of nitrogens with zero attached hydrogens (tertiary/aromatic N) is 1. The lowest BCUT2D eigenvalue weighted by atomic mass is 10.2.